The number of aromatic amines is 1. The molecule has 0 aliphatic heterocycles. The van der Waals surface area contributed by atoms with Crippen LogP contribution in [0.4, 0.5) is 4.39 Å². The van der Waals surface area contributed by atoms with Gasteiger partial charge in [-0.05, 0) is 42.5 Å². The van der Waals surface area contributed by atoms with Crippen molar-refractivity contribution in [3.63, 3.8) is 0 Å². The molecule has 0 aliphatic rings. The summed E-state index contributed by atoms with van der Waals surface area (Å²) in [4.78, 5) is 18.9. The molecule has 0 fully saturated rings. The molecule has 0 saturated heterocycles. The number of hydrogen-bond acceptors (Lipinski definition) is 2. The summed E-state index contributed by atoms with van der Waals surface area (Å²) in [7, 11) is 0. The van der Waals surface area contributed by atoms with E-state index >= 15 is 0 Å². The van der Waals surface area contributed by atoms with Crippen LogP contribution in [-0.4, -0.2) is 9.97 Å². The highest BCUT2D eigenvalue weighted by Gasteiger charge is 2.02. The number of rotatable bonds is 2. The van der Waals surface area contributed by atoms with E-state index in [1.54, 1.807) is 42.5 Å². The average molecular weight is 345 g/mol. The fraction of sp³-hybridized carbons (Fsp3) is 0. The van der Waals surface area contributed by atoms with Crippen molar-refractivity contribution in [2.45, 2.75) is 0 Å². The standard InChI is InChI=1S/C16H10BrFN2O/c17-11-6-7-13(18)10(9-11)5-8-15-19-14-4-2-1-3-12(14)16(21)20-15/h1-9H,(H,19,20,21)/b8-5+. The summed E-state index contributed by atoms with van der Waals surface area (Å²) in [5.74, 6) is 0.0515. The maximum atomic E-state index is 13.6. The Morgan fingerprint density at radius 3 is 2.81 bits per heavy atom. The number of fused-ring (bicyclic) bond motifs is 1. The van der Waals surface area contributed by atoms with E-state index in [4.69, 9.17) is 0 Å². The molecular formula is C16H10BrFN2O. The third-order valence-corrected chi connectivity index (χ3v) is 3.50. The zero-order valence-electron chi connectivity index (χ0n) is 10.8. The second kappa shape index (κ2) is 5.61. The minimum absolute atomic E-state index is 0.213. The summed E-state index contributed by atoms with van der Waals surface area (Å²) in [5, 5.41) is 0.531. The van der Waals surface area contributed by atoms with Crippen LogP contribution in [0.25, 0.3) is 23.1 Å². The van der Waals surface area contributed by atoms with Crippen molar-refractivity contribution < 1.29 is 4.39 Å². The van der Waals surface area contributed by atoms with Gasteiger partial charge in [-0.1, -0.05) is 28.1 Å². The van der Waals surface area contributed by atoms with Gasteiger partial charge in [0.15, 0.2) is 0 Å². The molecule has 0 atom stereocenters. The molecular weight excluding hydrogens is 335 g/mol. The summed E-state index contributed by atoms with van der Waals surface area (Å²) in [6.45, 7) is 0. The van der Waals surface area contributed by atoms with Crippen LogP contribution in [0.1, 0.15) is 11.4 Å². The number of para-hydroxylation sites is 1. The molecule has 0 saturated carbocycles. The summed E-state index contributed by atoms with van der Waals surface area (Å²) >= 11 is 3.29. The summed E-state index contributed by atoms with van der Waals surface area (Å²) in [5.41, 5.74) is 0.811. The molecule has 3 nitrogen and oxygen atoms in total. The second-order valence-corrected chi connectivity index (χ2v) is 5.38. The van der Waals surface area contributed by atoms with Crippen LogP contribution >= 0.6 is 15.9 Å². The van der Waals surface area contributed by atoms with Crippen LogP contribution in [0.15, 0.2) is 51.7 Å². The number of nitrogens with one attached hydrogen (secondary N) is 1. The van der Waals surface area contributed by atoms with Gasteiger partial charge in [0.25, 0.3) is 5.56 Å². The lowest BCUT2D eigenvalue weighted by Gasteiger charge is -2.00. The number of H-pyrrole nitrogens is 1. The monoisotopic (exact) mass is 344 g/mol. The maximum absolute atomic E-state index is 13.6. The van der Waals surface area contributed by atoms with E-state index in [1.807, 2.05) is 6.07 Å². The van der Waals surface area contributed by atoms with Gasteiger partial charge in [0.05, 0.1) is 10.9 Å². The Labute approximate surface area is 128 Å². The van der Waals surface area contributed by atoms with Crippen molar-refractivity contribution in [1.82, 2.24) is 9.97 Å². The van der Waals surface area contributed by atoms with Gasteiger partial charge in [0.2, 0.25) is 0 Å². The maximum Gasteiger partial charge on any atom is 0.259 e. The number of hydrogen-bond donors (Lipinski definition) is 1. The lowest BCUT2D eigenvalue weighted by Crippen LogP contribution is -2.09. The molecule has 0 bridgehead atoms. The van der Waals surface area contributed by atoms with E-state index in [0.29, 0.717) is 22.3 Å². The Morgan fingerprint density at radius 2 is 1.95 bits per heavy atom. The largest absolute Gasteiger partial charge is 0.306 e. The van der Waals surface area contributed by atoms with Gasteiger partial charge in [0, 0.05) is 10.0 Å². The molecule has 0 radical (unpaired) electrons. The molecule has 0 unspecified atom stereocenters. The van der Waals surface area contributed by atoms with E-state index in [9.17, 15) is 9.18 Å². The minimum atomic E-state index is -0.336. The van der Waals surface area contributed by atoms with Crippen LogP contribution in [0.5, 0.6) is 0 Å². The number of aromatic nitrogens is 2. The first-order valence-corrected chi connectivity index (χ1v) is 7.05. The van der Waals surface area contributed by atoms with Crippen molar-refractivity contribution in [3.8, 4) is 0 Å². The lowest BCUT2D eigenvalue weighted by molar-refractivity contribution is 0.625. The van der Waals surface area contributed by atoms with E-state index in [1.165, 1.54) is 6.07 Å². The first-order valence-electron chi connectivity index (χ1n) is 6.26. The minimum Gasteiger partial charge on any atom is -0.306 e. The highest BCUT2D eigenvalue weighted by atomic mass is 79.9. The van der Waals surface area contributed by atoms with Crippen molar-refractivity contribution >= 4 is 39.0 Å². The smallest absolute Gasteiger partial charge is 0.259 e. The Morgan fingerprint density at radius 1 is 1.14 bits per heavy atom. The highest BCUT2D eigenvalue weighted by molar-refractivity contribution is 9.10. The van der Waals surface area contributed by atoms with Crippen LogP contribution < -0.4 is 5.56 Å². The van der Waals surface area contributed by atoms with Crippen LogP contribution in [0.3, 0.4) is 0 Å². The molecule has 5 heteroatoms. The number of benzene rings is 2. The van der Waals surface area contributed by atoms with Crippen molar-refractivity contribution in [3.05, 3.63) is 74.5 Å². The van der Waals surface area contributed by atoms with E-state index in [2.05, 4.69) is 25.9 Å². The fourth-order valence-electron chi connectivity index (χ4n) is 1.99. The van der Waals surface area contributed by atoms with Crippen molar-refractivity contribution in [2.75, 3.05) is 0 Å². The molecule has 3 rings (SSSR count). The molecule has 104 valence electrons. The predicted molar refractivity (Wildman–Crippen MR) is 85.4 cm³/mol. The summed E-state index contributed by atoms with van der Waals surface area (Å²) in [6.07, 6.45) is 3.16. The van der Waals surface area contributed by atoms with Crippen LogP contribution in [0.2, 0.25) is 0 Å². The van der Waals surface area contributed by atoms with E-state index < -0.39 is 0 Å². The summed E-state index contributed by atoms with van der Waals surface area (Å²) < 4.78 is 14.4. The molecule has 0 amide bonds. The first kappa shape index (κ1) is 13.7. The number of nitrogens with zero attached hydrogens (tertiary/aromatic N) is 1. The van der Waals surface area contributed by atoms with Crippen LogP contribution in [0, 0.1) is 5.82 Å². The highest BCUT2D eigenvalue weighted by Crippen LogP contribution is 2.17. The summed E-state index contributed by atoms with van der Waals surface area (Å²) in [6, 6.07) is 11.7. The SMILES string of the molecule is O=c1[nH]c(/C=C/c2cc(Br)ccc2F)nc2ccccc12. The normalized spacial score (nSPS) is 11.3. The Balaban J connectivity index is 2.03. The van der Waals surface area contributed by atoms with Gasteiger partial charge < -0.3 is 4.98 Å². The van der Waals surface area contributed by atoms with Gasteiger partial charge in [-0.15, -0.1) is 0 Å². The van der Waals surface area contributed by atoms with Gasteiger partial charge in [0.1, 0.15) is 11.6 Å². The van der Waals surface area contributed by atoms with Gasteiger partial charge in [-0.2, -0.15) is 0 Å². The average Bonchev–Trinajstić information content (AvgIpc) is 2.48. The third kappa shape index (κ3) is 2.92. The number of halogens is 2. The van der Waals surface area contributed by atoms with Gasteiger partial charge in [-0.3, -0.25) is 4.79 Å². The third-order valence-electron chi connectivity index (χ3n) is 3.01. The fourth-order valence-corrected chi connectivity index (χ4v) is 2.37. The molecule has 3 aromatic rings. The first-order chi connectivity index (χ1) is 10.1. The van der Waals surface area contributed by atoms with Gasteiger partial charge >= 0.3 is 0 Å². The predicted octanol–water partition coefficient (Wildman–Crippen LogP) is 4.00. The van der Waals surface area contributed by atoms with Gasteiger partial charge in [-0.25, -0.2) is 9.37 Å². The molecule has 1 aromatic heterocycles. The molecule has 2 aromatic carbocycles. The molecule has 1 heterocycles. The van der Waals surface area contributed by atoms with Crippen molar-refractivity contribution in [1.29, 1.82) is 0 Å². The molecule has 0 spiro atoms. The second-order valence-electron chi connectivity index (χ2n) is 4.47. The molecule has 1 N–H and O–H groups in total. The Bertz CT molecular complexity index is 902. The van der Waals surface area contributed by atoms with E-state index in [0.717, 1.165) is 4.47 Å². The lowest BCUT2D eigenvalue weighted by atomic mass is 10.2. The topological polar surface area (TPSA) is 45.8 Å². The van der Waals surface area contributed by atoms with Crippen LogP contribution in [-0.2, 0) is 0 Å². The van der Waals surface area contributed by atoms with E-state index in [-0.39, 0.29) is 11.4 Å². The zero-order valence-corrected chi connectivity index (χ0v) is 12.4. The zero-order chi connectivity index (χ0) is 14.8. The van der Waals surface area contributed by atoms with Crippen molar-refractivity contribution in [2.24, 2.45) is 0 Å². The Kier molecular flexibility index (Phi) is 3.66. The Hall–Kier alpha value is -2.27. The quantitative estimate of drug-likeness (QED) is 0.763. The molecule has 0 aliphatic carbocycles. The molecule has 21 heavy (non-hydrogen) atoms.